The first kappa shape index (κ1) is 50.1. The number of rotatable bonds is 11. The molecule has 0 N–H and O–H groups in total. The number of non-ortho nitro benzene ring substituents is 5. The molecule has 15 nitrogen and oxygen atoms in total. The number of hydrogen-bond donors (Lipinski definition) is 0. The molecule has 0 spiro atoms. The van der Waals surface area contributed by atoms with E-state index in [-0.39, 0.29) is 53.4 Å². The molecule has 0 radical (unpaired) electrons. The number of benzene rings is 5. The summed E-state index contributed by atoms with van der Waals surface area (Å²) in [5, 5.41) is 59.1. The van der Waals surface area contributed by atoms with Gasteiger partial charge in [-0.3, -0.25) is 50.6 Å². The molecule has 2 fully saturated rings. The van der Waals surface area contributed by atoms with Crippen LogP contribution in [0, 0.1) is 50.6 Å². The van der Waals surface area contributed by atoms with Gasteiger partial charge in [-0.05, 0) is 86.2 Å². The summed E-state index contributed by atoms with van der Waals surface area (Å²) in [4.78, 5) is 55.4. The topological polar surface area (TPSA) is 216 Å². The molecule has 7 rings (SSSR count). The van der Waals surface area contributed by atoms with Crippen molar-refractivity contribution in [2.75, 3.05) is 0 Å². The van der Waals surface area contributed by atoms with E-state index >= 15 is 0 Å². The molecular formula is C48H52FeN5O10P. The Labute approximate surface area is 389 Å². The van der Waals surface area contributed by atoms with Gasteiger partial charge in [0.05, 0.1) is 24.6 Å². The zero-order chi connectivity index (χ0) is 46.7. The van der Waals surface area contributed by atoms with E-state index in [2.05, 4.69) is 41.5 Å². The molecule has 0 unspecified atom stereocenters. The molecule has 65 heavy (non-hydrogen) atoms. The molecule has 17 heteroatoms. The summed E-state index contributed by atoms with van der Waals surface area (Å²) in [7, 11) is 0.156. The molecule has 0 atom stereocenters. The van der Waals surface area contributed by atoms with Gasteiger partial charge in [-0.1, -0.05) is 123 Å². The zero-order valence-electron chi connectivity index (χ0n) is 37.0. The van der Waals surface area contributed by atoms with Crippen LogP contribution in [0.15, 0.2) is 121 Å². The molecule has 342 valence electrons. The molecular weight excluding hydrogens is 893 g/mol. The Hall–Kier alpha value is -5.95. The van der Waals surface area contributed by atoms with Gasteiger partial charge in [0.1, 0.15) is 0 Å². The molecule has 0 bridgehead atoms. The molecule has 0 aromatic heterocycles. The third-order valence-corrected chi connectivity index (χ3v) is 16.7. The van der Waals surface area contributed by atoms with Crippen LogP contribution in [0.3, 0.4) is 0 Å². The van der Waals surface area contributed by atoms with E-state index in [9.17, 15) is 50.6 Å². The Kier molecular flexibility index (Phi) is 15.8. The van der Waals surface area contributed by atoms with Gasteiger partial charge in [0.2, 0.25) is 0 Å². The fourth-order valence-electron chi connectivity index (χ4n) is 10.5. The molecule has 2 aliphatic carbocycles. The summed E-state index contributed by atoms with van der Waals surface area (Å²) >= 11 is 0. The second-order valence-corrected chi connectivity index (χ2v) is 22.7. The Morgan fingerprint density at radius 1 is 0.369 bits per heavy atom. The van der Waals surface area contributed by atoms with Crippen LogP contribution in [0.5, 0.6) is 0 Å². The van der Waals surface area contributed by atoms with Crippen LogP contribution in [0.1, 0.15) is 125 Å². The van der Waals surface area contributed by atoms with E-state index in [4.69, 9.17) is 0 Å². The Morgan fingerprint density at radius 2 is 0.538 bits per heavy atom. The summed E-state index contributed by atoms with van der Waals surface area (Å²) in [6.45, 7) is 14.7. The van der Waals surface area contributed by atoms with Crippen molar-refractivity contribution in [2.24, 2.45) is 0 Å². The van der Waals surface area contributed by atoms with Crippen LogP contribution < -0.4 is 0 Å². The van der Waals surface area contributed by atoms with Crippen molar-refractivity contribution in [1.29, 1.82) is 0 Å². The van der Waals surface area contributed by atoms with Crippen molar-refractivity contribution in [3.63, 3.8) is 0 Å². The number of hydrogen-bond acceptors (Lipinski definition) is 10. The van der Waals surface area contributed by atoms with Crippen LogP contribution in [0.4, 0.5) is 28.4 Å². The van der Waals surface area contributed by atoms with Crippen molar-refractivity contribution in [3.05, 3.63) is 200 Å². The molecule has 5 aromatic carbocycles. The van der Waals surface area contributed by atoms with Crippen LogP contribution >= 0.6 is 7.92 Å². The Morgan fingerprint density at radius 3 is 0.677 bits per heavy atom. The summed E-state index contributed by atoms with van der Waals surface area (Å²) in [6, 6.07) is 30.0. The van der Waals surface area contributed by atoms with Crippen molar-refractivity contribution in [3.8, 4) is 0 Å². The maximum atomic E-state index is 11.6. The fraction of sp³-hybridized carbons (Fsp3) is 0.375. The van der Waals surface area contributed by atoms with Gasteiger partial charge in [0.25, 0.3) is 28.4 Å². The second-order valence-electron chi connectivity index (χ2n) is 18.5. The molecule has 0 saturated heterocycles. The van der Waals surface area contributed by atoms with Crippen LogP contribution in [-0.4, -0.2) is 40.6 Å². The van der Waals surface area contributed by atoms with Crippen molar-refractivity contribution in [1.82, 2.24) is 0 Å². The normalized spacial score (nSPS) is 19.7. The van der Waals surface area contributed by atoms with Crippen LogP contribution in [0.2, 0.25) is 0 Å². The van der Waals surface area contributed by atoms with E-state index < -0.39 is 54.2 Å². The van der Waals surface area contributed by atoms with Crippen LogP contribution in [0.25, 0.3) is 0 Å². The third-order valence-electron chi connectivity index (χ3n) is 12.5. The quantitative estimate of drug-likeness (QED) is 0.0528. The second kappa shape index (κ2) is 20.5. The minimum atomic E-state index is -0.529. The predicted octanol–water partition coefficient (Wildman–Crippen LogP) is 13.5. The van der Waals surface area contributed by atoms with E-state index in [1.54, 1.807) is 60.7 Å². The van der Waals surface area contributed by atoms with Crippen molar-refractivity contribution >= 4 is 36.4 Å². The van der Waals surface area contributed by atoms with E-state index in [1.807, 2.05) is 0 Å². The smallest absolute Gasteiger partial charge is 0.258 e. The van der Waals surface area contributed by atoms with E-state index in [0.29, 0.717) is 38.1 Å². The molecule has 2 aliphatic rings. The maximum Gasteiger partial charge on any atom is 0.269 e. The fourth-order valence-corrected chi connectivity index (χ4v) is 15.6. The molecule has 0 amide bonds. The Balaban J connectivity index is 0.000000453. The van der Waals surface area contributed by atoms with Crippen LogP contribution in [-0.2, 0) is 17.1 Å². The first-order valence-electron chi connectivity index (χ1n) is 21.2. The minimum absolute atomic E-state index is 0. The van der Waals surface area contributed by atoms with E-state index in [1.165, 1.54) is 86.3 Å². The number of nitrogens with zero attached hydrogens (tertiary/aromatic N) is 5. The van der Waals surface area contributed by atoms with Gasteiger partial charge in [-0.15, -0.1) is 0 Å². The van der Waals surface area contributed by atoms with Gasteiger partial charge in [0, 0.05) is 77.7 Å². The maximum absolute atomic E-state index is 11.6. The minimum Gasteiger partial charge on any atom is -0.258 e. The summed E-state index contributed by atoms with van der Waals surface area (Å²) in [5.41, 5.74) is 3.63. The van der Waals surface area contributed by atoms with Crippen molar-refractivity contribution < 1.29 is 41.7 Å². The number of nitro benzene ring substituents is 5. The standard InChI is InChI=1S/C35H25N5O10.C13H27P.Fe/c41-36(42)26-11-1-21(2-12-26)31-32(22-3-13-27(14-4-22)37(43)44)34(24-7-17-29(18-8-24)39(47)48)35(25-9-19-30(20-10-25)40(49)50)33(31)23-5-15-28(16-6-23)38(45)46;1-12(2,3)14(13(4,5)6)11-9-7-8-10-11;/h1-20,31-35H;11H,7-10H2,1-6H3;. The Bertz CT molecular complexity index is 2110. The largest absolute Gasteiger partial charge is 0.269 e. The third kappa shape index (κ3) is 11.3. The zero-order valence-corrected chi connectivity index (χ0v) is 39.0. The van der Waals surface area contributed by atoms with E-state index in [0.717, 1.165) is 5.66 Å². The summed E-state index contributed by atoms with van der Waals surface area (Å²) < 4.78 is 0. The van der Waals surface area contributed by atoms with Gasteiger partial charge in [-0.25, -0.2) is 0 Å². The monoisotopic (exact) mass is 945 g/mol. The molecule has 2 saturated carbocycles. The number of nitro groups is 5. The molecule has 5 aromatic rings. The predicted molar refractivity (Wildman–Crippen MR) is 248 cm³/mol. The average Bonchev–Trinajstić information content (AvgIpc) is 3.90. The van der Waals surface area contributed by atoms with Gasteiger partial charge >= 0.3 is 0 Å². The SMILES string of the molecule is CC(C)(C)P(C1CCCC1)C(C)(C)C.O=[N+]([O-])c1ccc(C2C(c3ccc([N+](=O)[O-])cc3)C(c3ccc([N+](=O)[O-])cc3)C(c3ccc([N+](=O)[O-])cc3)C2c2ccc([N+](=O)[O-])cc2)cc1.[Fe]. The van der Waals surface area contributed by atoms with Gasteiger partial charge < -0.3 is 0 Å². The van der Waals surface area contributed by atoms with Gasteiger partial charge in [0.15, 0.2) is 0 Å². The average molecular weight is 946 g/mol. The van der Waals surface area contributed by atoms with Gasteiger partial charge in [-0.2, -0.15) is 0 Å². The molecule has 0 heterocycles. The summed E-state index contributed by atoms with van der Waals surface area (Å²) in [5.74, 6) is -2.64. The first-order valence-corrected chi connectivity index (χ1v) is 22.6. The molecule has 0 aliphatic heterocycles. The first-order chi connectivity index (χ1) is 30.2. The summed E-state index contributed by atoms with van der Waals surface area (Å²) in [6.07, 6.45) is 5.96. The van der Waals surface area contributed by atoms with Crippen molar-refractivity contribution in [2.45, 2.75) is 113 Å².